The maximum Gasteiger partial charge on any atom is 0.289 e. The molecular formula is C20H19NO3. The molecule has 1 atom stereocenters. The molecule has 1 fully saturated rings. The zero-order chi connectivity index (χ0) is 16.5. The number of aryl methyl sites for hydroxylation is 1. The zero-order valence-corrected chi connectivity index (χ0v) is 13.6. The number of amides is 1. The average molecular weight is 321 g/mol. The van der Waals surface area contributed by atoms with Crippen molar-refractivity contribution in [1.82, 2.24) is 4.90 Å². The molecule has 1 aliphatic rings. The Kier molecular flexibility index (Phi) is 3.73. The van der Waals surface area contributed by atoms with Gasteiger partial charge in [-0.05, 0) is 37.3 Å². The molecule has 0 aliphatic carbocycles. The van der Waals surface area contributed by atoms with E-state index in [4.69, 9.17) is 9.15 Å². The summed E-state index contributed by atoms with van der Waals surface area (Å²) < 4.78 is 11.7. The van der Waals surface area contributed by atoms with Crippen LogP contribution in [0.5, 0.6) is 5.75 Å². The molecule has 0 unspecified atom stereocenters. The fourth-order valence-corrected chi connectivity index (χ4v) is 3.12. The quantitative estimate of drug-likeness (QED) is 0.731. The first kappa shape index (κ1) is 14.8. The summed E-state index contributed by atoms with van der Waals surface area (Å²) in [6, 6.07) is 17.5. The van der Waals surface area contributed by atoms with E-state index in [0.29, 0.717) is 18.8 Å². The van der Waals surface area contributed by atoms with Crippen molar-refractivity contribution in [3.63, 3.8) is 0 Å². The monoisotopic (exact) mass is 321 g/mol. The van der Waals surface area contributed by atoms with Crippen molar-refractivity contribution in [2.45, 2.75) is 19.4 Å². The normalized spacial score (nSPS) is 17.4. The van der Waals surface area contributed by atoms with Gasteiger partial charge < -0.3 is 14.1 Å². The SMILES string of the molecule is Cc1ccc2oc(C(=O)N3CC[C@H](Oc4ccccc4)C3)cc2c1. The largest absolute Gasteiger partial charge is 0.489 e. The van der Waals surface area contributed by atoms with Crippen molar-refractivity contribution >= 4 is 16.9 Å². The van der Waals surface area contributed by atoms with Crippen molar-refractivity contribution in [3.8, 4) is 5.75 Å². The lowest BCUT2D eigenvalue weighted by molar-refractivity contribution is 0.0743. The highest BCUT2D eigenvalue weighted by atomic mass is 16.5. The van der Waals surface area contributed by atoms with Gasteiger partial charge in [-0.3, -0.25) is 4.79 Å². The molecule has 4 nitrogen and oxygen atoms in total. The number of likely N-dealkylation sites (tertiary alicyclic amines) is 1. The van der Waals surface area contributed by atoms with Gasteiger partial charge in [0.25, 0.3) is 5.91 Å². The van der Waals surface area contributed by atoms with E-state index in [-0.39, 0.29) is 12.0 Å². The summed E-state index contributed by atoms with van der Waals surface area (Å²) in [5.74, 6) is 1.18. The van der Waals surface area contributed by atoms with Crippen molar-refractivity contribution in [2.75, 3.05) is 13.1 Å². The minimum absolute atomic E-state index is 0.0305. The van der Waals surface area contributed by atoms with Crippen molar-refractivity contribution in [1.29, 1.82) is 0 Å². The van der Waals surface area contributed by atoms with E-state index in [1.807, 2.05) is 61.5 Å². The minimum Gasteiger partial charge on any atom is -0.489 e. The van der Waals surface area contributed by atoms with Crippen LogP contribution in [0.4, 0.5) is 0 Å². The molecule has 0 N–H and O–H groups in total. The molecular weight excluding hydrogens is 302 g/mol. The summed E-state index contributed by atoms with van der Waals surface area (Å²) in [6.07, 6.45) is 0.864. The van der Waals surface area contributed by atoms with Crippen LogP contribution in [0, 0.1) is 6.92 Å². The lowest BCUT2D eigenvalue weighted by atomic mass is 10.2. The van der Waals surface area contributed by atoms with E-state index in [1.165, 1.54) is 0 Å². The van der Waals surface area contributed by atoms with Crippen LogP contribution in [0.1, 0.15) is 22.5 Å². The molecule has 1 aromatic heterocycles. The van der Waals surface area contributed by atoms with E-state index in [1.54, 1.807) is 4.90 Å². The molecule has 2 aromatic carbocycles. The minimum atomic E-state index is -0.0667. The van der Waals surface area contributed by atoms with Crippen LogP contribution >= 0.6 is 0 Å². The Balaban J connectivity index is 1.46. The maximum absolute atomic E-state index is 12.7. The first-order valence-corrected chi connectivity index (χ1v) is 8.20. The third-order valence-electron chi connectivity index (χ3n) is 4.36. The van der Waals surface area contributed by atoms with E-state index >= 15 is 0 Å². The molecule has 4 rings (SSSR count). The molecule has 2 heterocycles. The van der Waals surface area contributed by atoms with Gasteiger partial charge in [0.05, 0.1) is 6.54 Å². The second-order valence-corrected chi connectivity index (χ2v) is 6.24. The molecule has 1 amide bonds. The molecule has 0 bridgehead atoms. The number of fused-ring (bicyclic) bond motifs is 1. The predicted molar refractivity (Wildman–Crippen MR) is 92.3 cm³/mol. The average Bonchev–Trinajstić information content (AvgIpc) is 3.21. The summed E-state index contributed by atoms with van der Waals surface area (Å²) in [5, 5.41) is 0.967. The molecule has 24 heavy (non-hydrogen) atoms. The Bertz CT molecular complexity index is 869. The zero-order valence-electron chi connectivity index (χ0n) is 13.6. The number of nitrogens with zero attached hydrogens (tertiary/aromatic N) is 1. The molecule has 0 radical (unpaired) electrons. The highest BCUT2D eigenvalue weighted by Crippen LogP contribution is 2.24. The highest BCUT2D eigenvalue weighted by molar-refractivity contribution is 5.96. The van der Waals surface area contributed by atoms with Crippen LogP contribution in [-0.2, 0) is 0 Å². The van der Waals surface area contributed by atoms with Crippen LogP contribution in [0.25, 0.3) is 11.0 Å². The summed E-state index contributed by atoms with van der Waals surface area (Å²) in [7, 11) is 0. The van der Waals surface area contributed by atoms with Gasteiger partial charge in [0.2, 0.25) is 0 Å². The summed E-state index contributed by atoms with van der Waals surface area (Å²) in [4.78, 5) is 14.5. The second-order valence-electron chi connectivity index (χ2n) is 6.24. The Morgan fingerprint density at radius 1 is 1.17 bits per heavy atom. The Morgan fingerprint density at radius 2 is 2.00 bits per heavy atom. The summed E-state index contributed by atoms with van der Waals surface area (Å²) in [5.41, 5.74) is 1.90. The highest BCUT2D eigenvalue weighted by Gasteiger charge is 2.30. The molecule has 1 aliphatic heterocycles. The Hall–Kier alpha value is -2.75. The molecule has 0 saturated carbocycles. The van der Waals surface area contributed by atoms with Crippen LogP contribution in [-0.4, -0.2) is 30.0 Å². The number of furan rings is 1. The molecule has 4 heteroatoms. The fourth-order valence-electron chi connectivity index (χ4n) is 3.12. The van der Waals surface area contributed by atoms with Gasteiger partial charge in [0.1, 0.15) is 17.4 Å². The van der Waals surface area contributed by atoms with Crippen LogP contribution in [0.3, 0.4) is 0 Å². The molecule has 3 aromatic rings. The molecule has 122 valence electrons. The number of benzene rings is 2. The maximum atomic E-state index is 12.7. The van der Waals surface area contributed by atoms with E-state index in [0.717, 1.165) is 28.7 Å². The third-order valence-corrected chi connectivity index (χ3v) is 4.36. The van der Waals surface area contributed by atoms with E-state index in [9.17, 15) is 4.79 Å². The van der Waals surface area contributed by atoms with Gasteiger partial charge in [-0.15, -0.1) is 0 Å². The number of rotatable bonds is 3. The number of hydrogen-bond acceptors (Lipinski definition) is 3. The smallest absolute Gasteiger partial charge is 0.289 e. The topological polar surface area (TPSA) is 42.7 Å². The van der Waals surface area contributed by atoms with Gasteiger partial charge >= 0.3 is 0 Å². The summed E-state index contributed by atoms with van der Waals surface area (Å²) >= 11 is 0. The van der Waals surface area contributed by atoms with Crippen molar-refractivity contribution < 1.29 is 13.9 Å². The van der Waals surface area contributed by atoms with Gasteiger partial charge in [0, 0.05) is 18.4 Å². The molecule has 0 spiro atoms. The predicted octanol–water partition coefficient (Wildman–Crippen LogP) is 4.03. The van der Waals surface area contributed by atoms with Crippen LogP contribution in [0.15, 0.2) is 59.0 Å². The van der Waals surface area contributed by atoms with Crippen molar-refractivity contribution in [3.05, 3.63) is 65.9 Å². The van der Waals surface area contributed by atoms with Crippen molar-refractivity contribution in [2.24, 2.45) is 0 Å². The van der Waals surface area contributed by atoms with Gasteiger partial charge in [-0.25, -0.2) is 0 Å². The Morgan fingerprint density at radius 3 is 2.83 bits per heavy atom. The van der Waals surface area contributed by atoms with E-state index in [2.05, 4.69) is 0 Å². The van der Waals surface area contributed by atoms with Crippen LogP contribution in [0.2, 0.25) is 0 Å². The lowest BCUT2D eigenvalue weighted by Gasteiger charge is -2.16. The second kappa shape index (κ2) is 6.04. The third kappa shape index (κ3) is 2.87. The number of para-hydroxylation sites is 1. The van der Waals surface area contributed by atoms with Gasteiger partial charge in [-0.1, -0.05) is 29.8 Å². The van der Waals surface area contributed by atoms with E-state index < -0.39 is 0 Å². The first-order valence-electron chi connectivity index (χ1n) is 8.20. The lowest BCUT2D eigenvalue weighted by Crippen LogP contribution is -2.30. The molecule has 1 saturated heterocycles. The fraction of sp³-hybridized carbons (Fsp3) is 0.250. The number of ether oxygens (including phenoxy) is 1. The number of carbonyl (C=O) groups is 1. The summed E-state index contributed by atoms with van der Waals surface area (Å²) in [6.45, 7) is 3.30. The number of carbonyl (C=O) groups excluding carboxylic acids is 1. The number of hydrogen-bond donors (Lipinski definition) is 0. The van der Waals surface area contributed by atoms with Gasteiger partial charge in [0.15, 0.2) is 5.76 Å². The standard InChI is InChI=1S/C20H19NO3/c1-14-7-8-18-15(11-14)12-19(24-18)20(22)21-10-9-17(13-21)23-16-5-3-2-4-6-16/h2-8,11-12,17H,9-10,13H2,1H3/t17-/m0/s1. The van der Waals surface area contributed by atoms with Gasteiger partial charge in [-0.2, -0.15) is 0 Å². The first-order chi connectivity index (χ1) is 11.7. The van der Waals surface area contributed by atoms with Crippen LogP contribution < -0.4 is 4.74 Å². The Labute approximate surface area is 140 Å².